The van der Waals surface area contributed by atoms with Gasteiger partial charge in [0.25, 0.3) is 0 Å². The van der Waals surface area contributed by atoms with E-state index in [4.69, 9.17) is 33.5 Å². The van der Waals surface area contributed by atoms with Gasteiger partial charge in [0, 0.05) is 0 Å². The summed E-state index contributed by atoms with van der Waals surface area (Å²) in [4.78, 5) is 0. The number of anilines is 4. The molecule has 0 aliphatic rings. The molecule has 0 atom stereocenters. The average molecular weight is 188 g/mol. The van der Waals surface area contributed by atoms with Crippen molar-refractivity contribution >= 4 is 22.7 Å². The van der Waals surface area contributed by atoms with Gasteiger partial charge in [-0.05, 0) is 0 Å². The number of benzene rings is 1. The number of nitrogen functional groups attached to an aromatic ring is 4. The van der Waals surface area contributed by atoms with Gasteiger partial charge in [0.2, 0.25) is 0 Å². The molecule has 6 heteroatoms. The van der Waals surface area contributed by atoms with Crippen LogP contribution in [0.3, 0.4) is 0 Å². The van der Waals surface area contributed by atoms with Crippen molar-refractivity contribution in [2.75, 3.05) is 22.9 Å². The van der Waals surface area contributed by atoms with Crippen LogP contribution in [0.5, 0.6) is 0 Å². The van der Waals surface area contributed by atoms with Crippen molar-refractivity contribution in [2.24, 2.45) is 0 Å². The van der Waals surface area contributed by atoms with E-state index in [1.54, 1.807) is 12.1 Å². The van der Waals surface area contributed by atoms with Gasteiger partial charge in [-0.25, -0.2) is 0 Å². The summed E-state index contributed by atoms with van der Waals surface area (Å²) in [5.74, 6) is 0. The largest absolute Gasteiger partial charge is 0.396 e. The van der Waals surface area contributed by atoms with E-state index in [1.807, 2.05) is 0 Å². The van der Waals surface area contributed by atoms with Gasteiger partial charge in [-0.15, -0.1) is 0 Å². The van der Waals surface area contributed by atoms with Crippen LogP contribution in [0.15, 0.2) is 0 Å². The third kappa shape index (κ3) is 1.03. The zero-order valence-electron chi connectivity index (χ0n) is 7.20. The SMILES string of the molecule is N#Cc1c(N)c(N)c(C#N)c(N)c1N. The molecule has 8 N–H and O–H groups in total. The van der Waals surface area contributed by atoms with E-state index in [2.05, 4.69) is 0 Å². The molecule has 70 valence electrons. The number of nitrogens with two attached hydrogens (primary N) is 4. The summed E-state index contributed by atoms with van der Waals surface area (Å²) in [5, 5.41) is 17.4. The first-order valence-corrected chi connectivity index (χ1v) is 3.60. The highest BCUT2D eigenvalue weighted by molar-refractivity contribution is 5.92. The lowest BCUT2D eigenvalue weighted by molar-refractivity contribution is 1.45. The van der Waals surface area contributed by atoms with Crippen molar-refractivity contribution in [3.05, 3.63) is 11.1 Å². The molecular formula is C8H8N6. The highest BCUT2D eigenvalue weighted by atomic mass is 14.8. The van der Waals surface area contributed by atoms with E-state index >= 15 is 0 Å². The minimum absolute atomic E-state index is 0.00394. The average Bonchev–Trinajstić information content (AvgIpc) is 2.17. The Hall–Kier alpha value is -2.60. The molecule has 0 heterocycles. The van der Waals surface area contributed by atoms with E-state index < -0.39 is 0 Å². The molecule has 0 saturated carbocycles. The molecule has 1 aromatic carbocycles. The van der Waals surface area contributed by atoms with Gasteiger partial charge in [-0.1, -0.05) is 0 Å². The van der Waals surface area contributed by atoms with Crippen molar-refractivity contribution in [3.63, 3.8) is 0 Å². The molecular weight excluding hydrogens is 180 g/mol. The van der Waals surface area contributed by atoms with Crippen LogP contribution in [-0.2, 0) is 0 Å². The fourth-order valence-electron chi connectivity index (χ4n) is 1.07. The van der Waals surface area contributed by atoms with Crippen LogP contribution in [0.1, 0.15) is 11.1 Å². The van der Waals surface area contributed by atoms with Crippen LogP contribution >= 0.6 is 0 Å². The standard InChI is InChI=1S/C8H8N6/c9-1-3-5(11)7(13)4(2-10)8(14)6(3)12/h11-14H2. The van der Waals surface area contributed by atoms with Crippen molar-refractivity contribution in [2.45, 2.75) is 0 Å². The molecule has 6 nitrogen and oxygen atoms in total. The number of hydrogen-bond donors (Lipinski definition) is 4. The van der Waals surface area contributed by atoms with Crippen LogP contribution in [0.4, 0.5) is 22.7 Å². The van der Waals surface area contributed by atoms with E-state index in [-0.39, 0.29) is 33.9 Å². The van der Waals surface area contributed by atoms with Crippen LogP contribution < -0.4 is 22.9 Å². The molecule has 0 aromatic heterocycles. The Kier molecular flexibility index (Phi) is 2.06. The summed E-state index contributed by atoms with van der Waals surface area (Å²) in [7, 11) is 0. The van der Waals surface area contributed by atoms with Gasteiger partial charge in [0.1, 0.15) is 23.3 Å². The predicted molar refractivity (Wildman–Crippen MR) is 53.5 cm³/mol. The van der Waals surface area contributed by atoms with Gasteiger partial charge >= 0.3 is 0 Å². The van der Waals surface area contributed by atoms with Gasteiger partial charge in [0.05, 0.1) is 22.7 Å². The Morgan fingerprint density at radius 1 is 0.643 bits per heavy atom. The van der Waals surface area contributed by atoms with Crippen molar-refractivity contribution < 1.29 is 0 Å². The summed E-state index contributed by atoms with van der Waals surface area (Å²) >= 11 is 0. The Labute approximate surface area is 80.3 Å². The third-order valence-corrected chi connectivity index (χ3v) is 1.88. The lowest BCUT2D eigenvalue weighted by Crippen LogP contribution is -2.08. The van der Waals surface area contributed by atoms with Crippen molar-refractivity contribution in [3.8, 4) is 12.1 Å². The lowest BCUT2D eigenvalue weighted by atomic mass is 10.0. The topological polar surface area (TPSA) is 152 Å². The predicted octanol–water partition coefficient (Wildman–Crippen LogP) is -0.241. The van der Waals surface area contributed by atoms with Crippen LogP contribution in [0.25, 0.3) is 0 Å². The number of nitriles is 2. The summed E-state index contributed by atoms with van der Waals surface area (Å²) in [6.07, 6.45) is 0. The van der Waals surface area contributed by atoms with Gasteiger partial charge in [-0.3, -0.25) is 0 Å². The minimum atomic E-state index is -0.00394. The molecule has 14 heavy (non-hydrogen) atoms. The normalized spacial score (nSPS) is 9.00. The van der Waals surface area contributed by atoms with Gasteiger partial charge in [0.15, 0.2) is 0 Å². The Balaban J connectivity index is 3.77. The summed E-state index contributed by atoms with van der Waals surface area (Å²) in [6.45, 7) is 0. The molecule has 0 fully saturated rings. The first-order chi connectivity index (χ1) is 6.54. The third-order valence-electron chi connectivity index (χ3n) is 1.88. The van der Waals surface area contributed by atoms with E-state index in [1.165, 1.54) is 0 Å². The Morgan fingerprint density at radius 2 is 0.857 bits per heavy atom. The maximum atomic E-state index is 8.71. The van der Waals surface area contributed by atoms with Crippen LogP contribution in [0, 0.1) is 22.7 Å². The second kappa shape index (κ2) is 3.04. The monoisotopic (exact) mass is 188 g/mol. The molecule has 0 amide bonds. The quantitative estimate of drug-likeness (QED) is 0.412. The first kappa shape index (κ1) is 9.49. The molecule has 1 rings (SSSR count). The Morgan fingerprint density at radius 3 is 1.00 bits per heavy atom. The zero-order valence-corrected chi connectivity index (χ0v) is 7.20. The lowest BCUT2D eigenvalue weighted by Gasteiger charge is -2.10. The van der Waals surface area contributed by atoms with E-state index in [0.717, 1.165) is 0 Å². The van der Waals surface area contributed by atoms with Crippen molar-refractivity contribution in [1.82, 2.24) is 0 Å². The fraction of sp³-hybridized carbons (Fsp3) is 0. The maximum absolute atomic E-state index is 8.71. The summed E-state index contributed by atoms with van der Waals surface area (Å²) in [6, 6.07) is 3.55. The van der Waals surface area contributed by atoms with Crippen LogP contribution in [-0.4, -0.2) is 0 Å². The molecule has 0 bridgehead atoms. The zero-order chi connectivity index (χ0) is 10.9. The molecule has 0 spiro atoms. The fourth-order valence-corrected chi connectivity index (χ4v) is 1.07. The van der Waals surface area contributed by atoms with E-state index in [0.29, 0.717) is 0 Å². The second-order valence-corrected chi connectivity index (χ2v) is 2.63. The highest BCUT2D eigenvalue weighted by Crippen LogP contribution is 2.35. The Bertz CT molecular complexity index is 402. The van der Waals surface area contributed by atoms with Gasteiger partial charge < -0.3 is 22.9 Å². The van der Waals surface area contributed by atoms with Crippen molar-refractivity contribution in [1.29, 1.82) is 10.5 Å². The minimum Gasteiger partial charge on any atom is -0.396 e. The molecule has 0 unspecified atom stereocenters. The molecule has 0 aliphatic carbocycles. The van der Waals surface area contributed by atoms with Crippen LogP contribution in [0.2, 0.25) is 0 Å². The molecule has 0 saturated heterocycles. The van der Waals surface area contributed by atoms with Gasteiger partial charge in [-0.2, -0.15) is 10.5 Å². The second-order valence-electron chi connectivity index (χ2n) is 2.63. The van der Waals surface area contributed by atoms with E-state index in [9.17, 15) is 0 Å². The number of rotatable bonds is 0. The molecule has 1 aromatic rings. The number of hydrogen-bond acceptors (Lipinski definition) is 6. The highest BCUT2D eigenvalue weighted by Gasteiger charge is 2.16. The summed E-state index contributed by atoms with van der Waals surface area (Å²) in [5.41, 5.74) is 22.0. The smallest absolute Gasteiger partial charge is 0.104 e. The maximum Gasteiger partial charge on any atom is 0.104 e. The molecule has 0 radical (unpaired) electrons. The molecule has 0 aliphatic heterocycles. The first-order valence-electron chi connectivity index (χ1n) is 3.60. The summed E-state index contributed by atoms with van der Waals surface area (Å²) < 4.78 is 0. The number of nitrogens with zero attached hydrogens (tertiary/aromatic N) is 2.